The Kier molecular flexibility index (Phi) is 4.64. The summed E-state index contributed by atoms with van der Waals surface area (Å²) < 4.78 is 8.74. The van der Waals surface area contributed by atoms with Crippen molar-refractivity contribution in [3.05, 3.63) is 56.8 Å². The second-order valence-corrected chi connectivity index (χ2v) is 6.84. The first kappa shape index (κ1) is 16.3. The Morgan fingerprint density at radius 2 is 2.00 bits per heavy atom. The van der Waals surface area contributed by atoms with E-state index in [1.54, 1.807) is 0 Å². The van der Waals surface area contributed by atoms with Crippen LogP contribution in [0.25, 0.3) is 11.0 Å². The number of hydrogen-bond donors (Lipinski definition) is 0. The van der Waals surface area contributed by atoms with Gasteiger partial charge in [0.2, 0.25) is 0 Å². The zero-order valence-electron chi connectivity index (χ0n) is 13.4. The van der Waals surface area contributed by atoms with Crippen molar-refractivity contribution >= 4 is 38.6 Å². The lowest BCUT2D eigenvalue weighted by Crippen LogP contribution is -2.03. The van der Waals surface area contributed by atoms with Crippen LogP contribution < -0.4 is 4.74 Å². The van der Waals surface area contributed by atoms with E-state index in [1.165, 1.54) is 0 Å². The van der Waals surface area contributed by atoms with Crippen molar-refractivity contribution in [1.82, 2.24) is 9.55 Å². The van der Waals surface area contributed by atoms with E-state index in [-0.39, 0.29) is 0 Å². The minimum absolute atomic E-state index is 0.633. The molecule has 1 heterocycles. The summed E-state index contributed by atoms with van der Waals surface area (Å²) in [5.74, 6) is 1.78. The lowest BCUT2D eigenvalue weighted by molar-refractivity contribution is 0.340. The van der Waals surface area contributed by atoms with Crippen LogP contribution in [0.5, 0.6) is 5.75 Å². The Balaban J connectivity index is 2.03. The molecule has 1 aromatic heterocycles. The average molecular weight is 394 g/mol. The summed E-state index contributed by atoms with van der Waals surface area (Å²) in [6.07, 6.45) is 0. The molecule has 0 radical (unpaired) electrons. The summed E-state index contributed by atoms with van der Waals surface area (Å²) in [6.45, 7) is 7.38. The normalized spacial score (nSPS) is 11.2. The fraction of sp³-hybridized carbons (Fsp3) is 0.278. The molecular weight excluding hydrogens is 376 g/mol. The van der Waals surface area contributed by atoms with Gasteiger partial charge in [-0.1, -0.05) is 33.6 Å². The van der Waals surface area contributed by atoms with Gasteiger partial charge in [-0.3, -0.25) is 0 Å². The third-order valence-electron chi connectivity index (χ3n) is 3.86. The standard InChI is InChI=1S/C18H18BrClN2O/c1-4-23-15-6-5-13(16(20)9-15)10-22-12(3)21-18-11(2)7-14(19)8-17(18)22/h5-9H,4,10H2,1-3H3. The van der Waals surface area contributed by atoms with Gasteiger partial charge in [-0.05, 0) is 56.2 Å². The lowest BCUT2D eigenvalue weighted by atomic mass is 10.2. The zero-order chi connectivity index (χ0) is 16.6. The molecule has 0 saturated carbocycles. The maximum absolute atomic E-state index is 6.43. The minimum Gasteiger partial charge on any atom is -0.494 e. The van der Waals surface area contributed by atoms with Gasteiger partial charge in [-0.25, -0.2) is 4.98 Å². The Morgan fingerprint density at radius 1 is 1.22 bits per heavy atom. The van der Waals surface area contributed by atoms with Crippen LogP contribution in [-0.4, -0.2) is 16.2 Å². The monoisotopic (exact) mass is 392 g/mol. The van der Waals surface area contributed by atoms with Crippen molar-refractivity contribution in [3.63, 3.8) is 0 Å². The van der Waals surface area contributed by atoms with Crippen molar-refractivity contribution < 1.29 is 4.74 Å². The molecule has 0 unspecified atom stereocenters. The predicted molar refractivity (Wildman–Crippen MR) is 98.6 cm³/mol. The number of hydrogen-bond acceptors (Lipinski definition) is 2. The summed E-state index contributed by atoms with van der Waals surface area (Å²) in [7, 11) is 0. The molecule has 3 rings (SSSR count). The van der Waals surface area contributed by atoms with Crippen molar-refractivity contribution in [3.8, 4) is 5.75 Å². The number of nitrogens with zero attached hydrogens (tertiary/aromatic N) is 2. The fourth-order valence-corrected chi connectivity index (χ4v) is 3.54. The number of aromatic nitrogens is 2. The first-order valence-corrected chi connectivity index (χ1v) is 8.71. The van der Waals surface area contributed by atoms with Crippen LogP contribution in [0, 0.1) is 13.8 Å². The van der Waals surface area contributed by atoms with Crippen LogP contribution in [0.2, 0.25) is 5.02 Å². The Hall–Kier alpha value is -1.52. The van der Waals surface area contributed by atoms with Gasteiger partial charge >= 0.3 is 0 Å². The second kappa shape index (κ2) is 6.54. The largest absolute Gasteiger partial charge is 0.494 e. The van der Waals surface area contributed by atoms with E-state index in [2.05, 4.69) is 39.6 Å². The molecule has 0 spiro atoms. The summed E-state index contributed by atoms with van der Waals surface area (Å²) in [5, 5.41) is 0.712. The number of ether oxygens (including phenoxy) is 1. The Labute approximate surface area is 149 Å². The number of benzene rings is 2. The molecule has 0 saturated heterocycles. The van der Waals surface area contributed by atoms with Crippen LogP contribution in [0.4, 0.5) is 0 Å². The second-order valence-electron chi connectivity index (χ2n) is 5.52. The molecule has 0 atom stereocenters. The van der Waals surface area contributed by atoms with E-state index in [0.29, 0.717) is 18.2 Å². The molecule has 3 aromatic rings. The molecule has 0 aliphatic carbocycles. The number of fused-ring (bicyclic) bond motifs is 1. The van der Waals surface area contributed by atoms with E-state index in [4.69, 9.17) is 21.3 Å². The van der Waals surface area contributed by atoms with Crippen LogP contribution in [0.15, 0.2) is 34.8 Å². The molecule has 120 valence electrons. The molecule has 2 aromatic carbocycles. The summed E-state index contributed by atoms with van der Waals surface area (Å²) in [5.41, 5.74) is 4.36. The highest BCUT2D eigenvalue weighted by molar-refractivity contribution is 9.10. The van der Waals surface area contributed by atoms with Gasteiger partial charge in [0, 0.05) is 9.50 Å². The van der Waals surface area contributed by atoms with E-state index in [9.17, 15) is 0 Å². The molecule has 0 amide bonds. The third-order valence-corrected chi connectivity index (χ3v) is 4.67. The zero-order valence-corrected chi connectivity index (χ0v) is 15.7. The van der Waals surface area contributed by atoms with Crippen LogP contribution in [-0.2, 0) is 6.54 Å². The SMILES string of the molecule is CCOc1ccc(Cn2c(C)nc3c(C)cc(Br)cc32)c(Cl)c1. The number of imidazole rings is 1. The van der Waals surface area contributed by atoms with E-state index in [1.807, 2.05) is 32.0 Å². The predicted octanol–water partition coefficient (Wildman–Crippen LogP) is 5.52. The van der Waals surface area contributed by atoms with Gasteiger partial charge in [0.15, 0.2) is 0 Å². The number of halogens is 2. The van der Waals surface area contributed by atoms with Crippen molar-refractivity contribution in [2.24, 2.45) is 0 Å². The molecule has 0 bridgehead atoms. The number of rotatable bonds is 4. The smallest absolute Gasteiger partial charge is 0.120 e. The van der Waals surface area contributed by atoms with Crippen molar-refractivity contribution in [1.29, 1.82) is 0 Å². The van der Waals surface area contributed by atoms with E-state index >= 15 is 0 Å². The molecule has 0 fully saturated rings. The maximum Gasteiger partial charge on any atom is 0.120 e. The van der Waals surface area contributed by atoms with Gasteiger partial charge in [-0.2, -0.15) is 0 Å². The molecular formula is C18H18BrClN2O. The first-order chi connectivity index (χ1) is 11.0. The highest BCUT2D eigenvalue weighted by Gasteiger charge is 2.12. The summed E-state index contributed by atoms with van der Waals surface area (Å²) in [4.78, 5) is 4.70. The Bertz CT molecular complexity index is 873. The van der Waals surface area contributed by atoms with E-state index < -0.39 is 0 Å². The van der Waals surface area contributed by atoms with Gasteiger partial charge < -0.3 is 9.30 Å². The van der Waals surface area contributed by atoms with Crippen molar-refractivity contribution in [2.45, 2.75) is 27.3 Å². The molecule has 0 aliphatic rings. The van der Waals surface area contributed by atoms with Crippen LogP contribution in [0.1, 0.15) is 23.9 Å². The van der Waals surface area contributed by atoms with Crippen LogP contribution in [0.3, 0.4) is 0 Å². The average Bonchev–Trinajstić information content (AvgIpc) is 2.79. The van der Waals surface area contributed by atoms with Gasteiger partial charge in [0.25, 0.3) is 0 Å². The van der Waals surface area contributed by atoms with Gasteiger partial charge in [0.05, 0.1) is 24.2 Å². The maximum atomic E-state index is 6.43. The Morgan fingerprint density at radius 3 is 2.70 bits per heavy atom. The van der Waals surface area contributed by atoms with E-state index in [0.717, 1.165) is 38.2 Å². The molecule has 23 heavy (non-hydrogen) atoms. The molecule has 0 aliphatic heterocycles. The van der Waals surface area contributed by atoms with Gasteiger partial charge in [-0.15, -0.1) is 0 Å². The number of aryl methyl sites for hydroxylation is 2. The topological polar surface area (TPSA) is 27.1 Å². The summed E-state index contributed by atoms with van der Waals surface area (Å²) >= 11 is 9.99. The molecule has 3 nitrogen and oxygen atoms in total. The third kappa shape index (κ3) is 3.24. The fourth-order valence-electron chi connectivity index (χ4n) is 2.75. The molecule has 0 N–H and O–H groups in total. The van der Waals surface area contributed by atoms with Crippen molar-refractivity contribution in [2.75, 3.05) is 6.61 Å². The minimum atomic E-state index is 0.633. The highest BCUT2D eigenvalue weighted by Crippen LogP contribution is 2.28. The lowest BCUT2D eigenvalue weighted by Gasteiger charge is -2.11. The summed E-state index contributed by atoms with van der Waals surface area (Å²) in [6, 6.07) is 10.0. The highest BCUT2D eigenvalue weighted by atomic mass is 79.9. The van der Waals surface area contributed by atoms with Gasteiger partial charge in [0.1, 0.15) is 11.6 Å². The first-order valence-electron chi connectivity index (χ1n) is 7.53. The van der Waals surface area contributed by atoms with Crippen LogP contribution >= 0.6 is 27.5 Å². The quantitative estimate of drug-likeness (QED) is 0.584. The molecule has 5 heteroatoms.